The van der Waals surface area contributed by atoms with Gasteiger partial charge in [-0.3, -0.25) is 4.79 Å². The zero-order chi connectivity index (χ0) is 23.5. The summed E-state index contributed by atoms with van der Waals surface area (Å²) in [7, 11) is 1.22. The first-order chi connectivity index (χ1) is 15.1. The number of esters is 1. The van der Waals surface area contributed by atoms with Crippen molar-refractivity contribution in [2.45, 2.75) is 13.1 Å². The maximum atomic E-state index is 13.8. The molecule has 0 aliphatic heterocycles. The van der Waals surface area contributed by atoms with E-state index in [1.165, 1.54) is 49.6 Å². The van der Waals surface area contributed by atoms with Gasteiger partial charge in [-0.15, -0.1) is 0 Å². The highest BCUT2D eigenvalue weighted by atomic mass is 35.5. The Balaban J connectivity index is 1.87. The number of hydrogen-bond acceptors (Lipinski definition) is 5. The number of amides is 1. The molecule has 0 saturated carbocycles. The maximum absolute atomic E-state index is 13.8. The highest BCUT2D eigenvalue weighted by Crippen LogP contribution is 2.34. The molecule has 1 heterocycles. The molecule has 0 bridgehead atoms. The fourth-order valence-electron chi connectivity index (χ4n) is 2.82. The lowest BCUT2D eigenvalue weighted by Crippen LogP contribution is -2.21. The molecule has 0 aliphatic rings. The van der Waals surface area contributed by atoms with Crippen LogP contribution in [0.15, 0.2) is 48.7 Å². The number of ether oxygens (including phenoxy) is 2. The first-order valence-electron chi connectivity index (χ1n) is 9.13. The van der Waals surface area contributed by atoms with Crippen LogP contribution >= 0.6 is 11.6 Å². The van der Waals surface area contributed by atoms with Crippen LogP contribution in [0, 0.1) is 6.92 Å². The molecule has 0 radical (unpaired) electrons. The van der Waals surface area contributed by atoms with Crippen LogP contribution in [0.5, 0.6) is 5.75 Å². The predicted molar refractivity (Wildman–Crippen MR) is 110 cm³/mol. The molecule has 168 valence electrons. The van der Waals surface area contributed by atoms with E-state index in [1.807, 2.05) is 0 Å². The lowest BCUT2D eigenvalue weighted by atomic mass is 10.1. The van der Waals surface area contributed by atoms with Gasteiger partial charge in [-0.25, -0.2) is 9.48 Å². The molecule has 0 aliphatic carbocycles. The van der Waals surface area contributed by atoms with E-state index < -0.39 is 29.3 Å². The Bertz CT molecular complexity index is 1140. The number of aryl methyl sites for hydroxylation is 1. The van der Waals surface area contributed by atoms with Crippen molar-refractivity contribution in [1.82, 2.24) is 9.78 Å². The number of rotatable bonds is 6. The number of benzene rings is 2. The third-order valence-corrected chi connectivity index (χ3v) is 4.64. The van der Waals surface area contributed by atoms with Crippen molar-refractivity contribution in [1.29, 1.82) is 0 Å². The summed E-state index contributed by atoms with van der Waals surface area (Å²) in [6.07, 6.45) is -3.99. The molecule has 11 heteroatoms. The van der Waals surface area contributed by atoms with Crippen molar-refractivity contribution in [3.05, 3.63) is 70.5 Å². The Morgan fingerprint density at radius 1 is 1.16 bits per heavy atom. The molecular weight excluding hydrogens is 451 g/mol. The number of carbonyl (C=O) groups excluding carboxylic acids is 2. The third kappa shape index (κ3) is 5.20. The van der Waals surface area contributed by atoms with Gasteiger partial charge in [0.1, 0.15) is 5.75 Å². The largest absolute Gasteiger partial charge is 0.482 e. The van der Waals surface area contributed by atoms with E-state index in [1.54, 1.807) is 6.92 Å². The van der Waals surface area contributed by atoms with E-state index in [4.69, 9.17) is 16.3 Å². The van der Waals surface area contributed by atoms with Gasteiger partial charge in [-0.1, -0.05) is 11.6 Å². The lowest BCUT2D eigenvalue weighted by molar-refractivity contribution is -0.143. The fourth-order valence-corrected chi connectivity index (χ4v) is 2.95. The summed E-state index contributed by atoms with van der Waals surface area (Å²) < 4.78 is 51.8. The maximum Gasteiger partial charge on any atom is 0.434 e. The smallest absolute Gasteiger partial charge is 0.434 e. The van der Waals surface area contributed by atoms with Crippen molar-refractivity contribution >= 4 is 29.2 Å². The predicted octanol–water partition coefficient (Wildman–Crippen LogP) is 4.66. The molecule has 3 aromatic rings. The van der Waals surface area contributed by atoms with Crippen molar-refractivity contribution in [2.75, 3.05) is 19.0 Å². The number of hydrogen-bond donors (Lipinski definition) is 1. The highest BCUT2D eigenvalue weighted by molar-refractivity contribution is 6.30. The summed E-state index contributed by atoms with van der Waals surface area (Å²) in [5.41, 5.74) is -0.970. The van der Waals surface area contributed by atoms with Crippen molar-refractivity contribution in [2.24, 2.45) is 0 Å². The molecule has 7 nitrogen and oxygen atoms in total. The molecule has 1 N–H and O–H groups in total. The van der Waals surface area contributed by atoms with Crippen LogP contribution < -0.4 is 10.1 Å². The highest BCUT2D eigenvalue weighted by Gasteiger charge is 2.40. The van der Waals surface area contributed by atoms with E-state index in [0.717, 1.165) is 6.20 Å². The molecule has 3 rings (SSSR count). The number of alkyl halides is 3. The number of aromatic nitrogens is 2. The van der Waals surface area contributed by atoms with Crippen LogP contribution in [0.2, 0.25) is 5.02 Å². The fraction of sp³-hybridized carbons (Fsp3) is 0.190. The van der Waals surface area contributed by atoms with Crippen LogP contribution in [0.25, 0.3) is 5.69 Å². The minimum Gasteiger partial charge on any atom is -0.482 e. The summed E-state index contributed by atoms with van der Waals surface area (Å²) in [6.45, 7) is 1.32. The zero-order valence-electron chi connectivity index (χ0n) is 16.9. The molecule has 0 fully saturated rings. The van der Waals surface area contributed by atoms with Gasteiger partial charge in [0.25, 0.3) is 5.91 Å². The standard InChI is InChI=1S/C21H17ClF3N3O4/c1-12-9-15(32-11-18(29)31-2)7-8-17(12)27-20(30)16-10-26-28(19(16)21(23,24)25)14-5-3-13(22)4-6-14/h3-10H,11H2,1-2H3,(H,27,30). The van der Waals surface area contributed by atoms with Gasteiger partial charge in [-0.05, 0) is 55.0 Å². The molecule has 0 spiro atoms. The number of anilines is 1. The van der Waals surface area contributed by atoms with Crippen molar-refractivity contribution in [3.63, 3.8) is 0 Å². The van der Waals surface area contributed by atoms with Gasteiger partial charge >= 0.3 is 12.1 Å². The molecular formula is C21H17ClF3N3O4. The van der Waals surface area contributed by atoms with Gasteiger partial charge in [0.2, 0.25) is 0 Å². The second kappa shape index (κ2) is 9.31. The summed E-state index contributed by atoms with van der Waals surface area (Å²) in [4.78, 5) is 23.9. The molecule has 1 amide bonds. The summed E-state index contributed by atoms with van der Waals surface area (Å²) >= 11 is 5.80. The second-order valence-corrected chi connectivity index (χ2v) is 7.02. The van der Waals surface area contributed by atoms with Crippen LogP contribution in [0.1, 0.15) is 21.6 Å². The van der Waals surface area contributed by atoms with E-state index in [2.05, 4.69) is 15.2 Å². The Morgan fingerprint density at radius 2 is 1.84 bits per heavy atom. The number of methoxy groups -OCH3 is 1. The van der Waals surface area contributed by atoms with Gasteiger partial charge < -0.3 is 14.8 Å². The molecule has 0 atom stereocenters. The van der Waals surface area contributed by atoms with E-state index in [-0.39, 0.29) is 18.0 Å². The van der Waals surface area contributed by atoms with E-state index in [9.17, 15) is 22.8 Å². The van der Waals surface area contributed by atoms with E-state index >= 15 is 0 Å². The van der Waals surface area contributed by atoms with Crippen LogP contribution in [0.3, 0.4) is 0 Å². The summed E-state index contributed by atoms with van der Waals surface area (Å²) in [5, 5.41) is 6.56. The monoisotopic (exact) mass is 467 g/mol. The van der Waals surface area contributed by atoms with Crippen molar-refractivity contribution < 1.29 is 32.2 Å². The number of nitrogens with one attached hydrogen (secondary N) is 1. The Kier molecular flexibility index (Phi) is 6.73. The Hall–Kier alpha value is -3.53. The van der Waals surface area contributed by atoms with Crippen LogP contribution in [-0.4, -0.2) is 35.4 Å². The van der Waals surface area contributed by atoms with Gasteiger partial charge in [0.15, 0.2) is 12.3 Å². The average Bonchev–Trinajstić information content (AvgIpc) is 3.20. The lowest BCUT2D eigenvalue weighted by Gasteiger charge is -2.14. The Morgan fingerprint density at radius 3 is 2.44 bits per heavy atom. The Labute approximate surface area is 185 Å². The SMILES string of the molecule is COC(=O)COc1ccc(NC(=O)c2cnn(-c3ccc(Cl)cc3)c2C(F)(F)F)c(C)c1. The summed E-state index contributed by atoms with van der Waals surface area (Å²) in [5.74, 6) is -1.22. The van der Waals surface area contributed by atoms with E-state index in [0.29, 0.717) is 21.0 Å². The molecule has 0 saturated heterocycles. The topological polar surface area (TPSA) is 82.4 Å². The minimum absolute atomic E-state index is 0.101. The van der Waals surface area contributed by atoms with Crippen LogP contribution in [-0.2, 0) is 15.7 Å². The first kappa shape index (κ1) is 23.1. The molecule has 0 unspecified atom stereocenters. The van der Waals surface area contributed by atoms with Gasteiger partial charge in [-0.2, -0.15) is 18.3 Å². The number of halogens is 4. The van der Waals surface area contributed by atoms with Crippen molar-refractivity contribution in [3.8, 4) is 11.4 Å². The zero-order valence-corrected chi connectivity index (χ0v) is 17.6. The normalized spacial score (nSPS) is 11.2. The van der Waals surface area contributed by atoms with Crippen LogP contribution in [0.4, 0.5) is 18.9 Å². The van der Waals surface area contributed by atoms with Gasteiger partial charge in [0, 0.05) is 10.7 Å². The minimum atomic E-state index is -4.84. The first-order valence-corrected chi connectivity index (χ1v) is 9.50. The van der Waals surface area contributed by atoms with Gasteiger partial charge in [0.05, 0.1) is 24.6 Å². The number of nitrogens with zero attached hydrogens (tertiary/aromatic N) is 2. The second-order valence-electron chi connectivity index (χ2n) is 6.59. The molecule has 32 heavy (non-hydrogen) atoms. The molecule has 1 aromatic heterocycles. The quantitative estimate of drug-likeness (QED) is 0.533. The molecule has 2 aromatic carbocycles. The average molecular weight is 468 g/mol. The third-order valence-electron chi connectivity index (χ3n) is 4.38. The summed E-state index contributed by atoms with van der Waals surface area (Å²) in [6, 6.07) is 10.0. The number of carbonyl (C=O) groups is 2.